The van der Waals surface area contributed by atoms with E-state index in [-0.39, 0.29) is 23.7 Å². The standard InChI is InChI=1S/C16H13N3O3/c17-9-8-11-4-7-15(18(16(11)20)13-5-6-13)12-2-1-3-14(10-12)19(21)22/h1-4,7,10,13H,5-6,8H2. The lowest BCUT2D eigenvalue weighted by molar-refractivity contribution is -0.384. The molecule has 1 aliphatic rings. The van der Waals surface area contributed by atoms with Gasteiger partial charge in [-0.3, -0.25) is 14.9 Å². The minimum absolute atomic E-state index is 0.00611. The van der Waals surface area contributed by atoms with Crippen molar-refractivity contribution in [2.45, 2.75) is 25.3 Å². The summed E-state index contributed by atoms with van der Waals surface area (Å²) in [6, 6.07) is 11.8. The normalized spacial score (nSPS) is 13.6. The van der Waals surface area contributed by atoms with Gasteiger partial charge in [0.1, 0.15) is 0 Å². The van der Waals surface area contributed by atoms with Gasteiger partial charge < -0.3 is 4.57 Å². The maximum Gasteiger partial charge on any atom is 0.270 e. The van der Waals surface area contributed by atoms with Crippen molar-refractivity contribution in [3.05, 3.63) is 62.4 Å². The van der Waals surface area contributed by atoms with Crippen LogP contribution in [-0.4, -0.2) is 9.49 Å². The fraction of sp³-hybridized carbons (Fsp3) is 0.250. The third-order valence-electron chi connectivity index (χ3n) is 3.73. The largest absolute Gasteiger partial charge is 0.305 e. The number of non-ortho nitro benzene ring substituents is 1. The molecule has 1 aliphatic carbocycles. The van der Waals surface area contributed by atoms with E-state index < -0.39 is 4.92 Å². The number of nitriles is 1. The molecule has 0 N–H and O–H groups in total. The zero-order valence-electron chi connectivity index (χ0n) is 11.7. The molecule has 0 atom stereocenters. The highest BCUT2D eigenvalue weighted by Crippen LogP contribution is 2.37. The van der Waals surface area contributed by atoms with Gasteiger partial charge in [0.15, 0.2) is 0 Å². The molecule has 6 nitrogen and oxygen atoms in total. The number of pyridine rings is 1. The summed E-state index contributed by atoms with van der Waals surface area (Å²) in [7, 11) is 0. The van der Waals surface area contributed by atoms with Gasteiger partial charge in [-0.2, -0.15) is 5.26 Å². The van der Waals surface area contributed by atoms with Gasteiger partial charge in [0.2, 0.25) is 0 Å². The number of aromatic nitrogens is 1. The minimum Gasteiger partial charge on any atom is -0.305 e. The maximum absolute atomic E-state index is 12.5. The van der Waals surface area contributed by atoms with E-state index in [1.54, 1.807) is 28.8 Å². The number of nitro benzene ring substituents is 1. The first-order valence-electron chi connectivity index (χ1n) is 6.98. The first-order valence-corrected chi connectivity index (χ1v) is 6.98. The highest BCUT2D eigenvalue weighted by atomic mass is 16.6. The molecule has 0 amide bonds. The van der Waals surface area contributed by atoms with Gasteiger partial charge in [0.25, 0.3) is 11.2 Å². The van der Waals surface area contributed by atoms with E-state index >= 15 is 0 Å². The van der Waals surface area contributed by atoms with Crippen LogP contribution in [-0.2, 0) is 6.42 Å². The van der Waals surface area contributed by atoms with Crippen LogP contribution in [0.2, 0.25) is 0 Å². The predicted molar refractivity (Wildman–Crippen MR) is 80.4 cm³/mol. The highest BCUT2D eigenvalue weighted by Gasteiger charge is 2.28. The molecule has 1 aromatic heterocycles. The summed E-state index contributed by atoms with van der Waals surface area (Å²) >= 11 is 0. The molecule has 22 heavy (non-hydrogen) atoms. The van der Waals surface area contributed by atoms with E-state index in [0.29, 0.717) is 16.8 Å². The molecule has 0 radical (unpaired) electrons. The molecule has 2 aromatic rings. The number of nitrogens with zero attached hydrogens (tertiary/aromatic N) is 3. The third kappa shape index (κ3) is 2.49. The Labute approximate surface area is 126 Å². The molecule has 110 valence electrons. The SMILES string of the molecule is N#CCc1ccc(-c2cccc([N+](=O)[O-])c2)n(C2CC2)c1=O. The van der Waals surface area contributed by atoms with Crippen LogP contribution in [0, 0.1) is 21.4 Å². The molecule has 0 saturated heterocycles. The second-order valence-electron chi connectivity index (χ2n) is 5.29. The number of hydrogen-bond acceptors (Lipinski definition) is 4. The molecule has 1 heterocycles. The lowest BCUT2D eigenvalue weighted by Gasteiger charge is -2.13. The van der Waals surface area contributed by atoms with E-state index in [9.17, 15) is 14.9 Å². The molecule has 6 heteroatoms. The molecule has 1 saturated carbocycles. The van der Waals surface area contributed by atoms with Crippen molar-refractivity contribution < 1.29 is 4.92 Å². The Morgan fingerprint density at radius 3 is 2.73 bits per heavy atom. The Balaban J connectivity index is 2.17. The number of benzene rings is 1. The number of nitro groups is 1. The molecule has 0 unspecified atom stereocenters. The molecule has 0 spiro atoms. The van der Waals surface area contributed by atoms with Crippen molar-refractivity contribution in [1.82, 2.24) is 4.57 Å². The average Bonchev–Trinajstić information content (AvgIpc) is 3.34. The van der Waals surface area contributed by atoms with Crippen LogP contribution in [0.4, 0.5) is 5.69 Å². The van der Waals surface area contributed by atoms with Gasteiger partial charge in [-0.25, -0.2) is 0 Å². The van der Waals surface area contributed by atoms with Gasteiger partial charge in [-0.1, -0.05) is 18.2 Å². The topological polar surface area (TPSA) is 88.9 Å². The van der Waals surface area contributed by atoms with Gasteiger partial charge in [-0.05, 0) is 18.9 Å². The highest BCUT2D eigenvalue weighted by molar-refractivity contribution is 5.63. The summed E-state index contributed by atoms with van der Waals surface area (Å²) in [6.07, 6.45) is 1.90. The van der Waals surface area contributed by atoms with Crippen LogP contribution >= 0.6 is 0 Å². The van der Waals surface area contributed by atoms with Crippen molar-refractivity contribution in [2.75, 3.05) is 0 Å². The summed E-state index contributed by atoms with van der Waals surface area (Å²) in [4.78, 5) is 23.0. The van der Waals surface area contributed by atoms with Crippen molar-refractivity contribution in [3.8, 4) is 17.3 Å². The Bertz CT molecular complexity index is 844. The lowest BCUT2D eigenvalue weighted by atomic mass is 10.1. The van der Waals surface area contributed by atoms with E-state index in [2.05, 4.69) is 0 Å². The maximum atomic E-state index is 12.5. The summed E-state index contributed by atoms with van der Waals surface area (Å²) in [5.41, 5.74) is 1.59. The van der Waals surface area contributed by atoms with Crippen LogP contribution < -0.4 is 5.56 Å². The Morgan fingerprint density at radius 1 is 1.32 bits per heavy atom. The van der Waals surface area contributed by atoms with Crippen molar-refractivity contribution in [3.63, 3.8) is 0 Å². The minimum atomic E-state index is -0.451. The Hall–Kier alpha value is -2.94. The van der Waals surface area contributed by atoms with Crippen molar-refractivity contribution >= 4 is 5.69 Å². The van der Waals surface area contributed by atoms with Gasteiger partial charge in [0.05, 0.1) is 23.1 Å². The molecular formula is C16H13N3O3. The summed E-state index contributed by atoms with van der Waals surface area (Å²) in [5.74, 6) is 0. The van der Waals surface area contributed by atoms with Gasteiger partial charge in [0, 0.05) is 29.3 Å². The first kappa shape index (κ1) is 14.0. The van der Waals surface area contributed by atoms with Crippen LogP contribution in [0.25, 0.3) is 11.3 Å². The molecule has 1 aromatic carbocycles. The fourth-order valence-electron chi connectivity index (χ4n) is 2.52. The van der Waals surface area contributed by atoms with Crippen LogP contribution in [0.5, 0.6) is 0 Å². The van der Waals surface area contributed by atoms with E-state index in [1.165, 1.54) is 12.1 Å². The van der Waals surface area contributed by atoms with E-state index in [0.717, 1.165) is 12.8 Å². The second kappa shape index (κ2) is 5.45. The van der Waals surface area contributed by atoms with Crippen LogP contribution in [0.15, 0.2) is 41.2 Å². The Kier molecular flexibility index (Phi) is 3.47. The molecule has 0 bridgehead atoms. The predicted octanol–water partition coefficient (Wildman–Crippen LogP) is 2.82. The lowest BCUT2D eigenvalue weighted by Crippen LogP contribution is -2.24. The fourth-order valence-corrected chi connectivity index (χ4v) is 2.52. The average molecular weight is 295 g/mol. The first-order chi connectivity index (χ1) is 10.6. The van der Waals surface area contributed by atoms with Crippen molar-refractivity contribution in [2.24, 2.45) is 0 Å². The number of hydrogen-bond donors (Lipinski definition) is 0. The summed E-state index contributed by atoms with van der Waals surface area (Å²) in [5, 5.41) is 19.7. The smallest absolute Gasteiger partial charge is 0.270 e. The van der Waals surface area contributed by atoms with Crippen LogP contribution in [0.1, 0.15) is 24.4 Å². The van der Waals surface area contributed by atoms with E-state index in [4.69, 9.17) is 5.26 Å². The van der Waals surface area contributed by atoms with Crippen molar-refractivity contribution in [1.29, 1.82) is 5.26 Å². The molecule has 3 rings (SSSR count). The summed E-state index contributed by atoms with van der Waals surface area (Å²) in [6.45, 7) is 0. The second-order valence-corrected chi connectivity index (χ2v) is 5.29. The zero-order valence-corrected chi connectivity index (χ0v) is 11.7. The molecule has 0 aliphatic heterocycles. The van der Waals surface area contributed by atoms with Crippen LogP contribution in [0.3, 0.4) is 0 Å². The molecule has 1 fully saturated rings. The third-order valence-corrected chi connectivity index (χ3v) is 3.73. The number of rotatable bonds is 4. The molecular weight excluding hydrogens is 282 g/mol. The monoisotopic (exact) mass is 295 g/mol. The summed E-state index contributed by atoms with van der Waals surface area (Å²) < 4.78 is 1.67. The van der Waals surface area contributed by atoms with Gasteiger partial charge >= 0.3 is 0 Å². The zero-order chi connectivity index (χ0) is 15.7. The van der Waals surface area contributed by atoms with Gasteiger partial charge in [-0.15, -0.1) is 0 Å². The quantitative estimate of drug-likeness (QED) is 0.640. The Morgan fingerprint density at radius 2 is 2.09 bits per heavy atom. The van der Waals surface area contributed by atoms with E-state index in [1.807, 2.05) is 6.07 Å².